The van der Waals surface area contributed by atoms with E-state index in [0.29, 0.717) is 33.5 Å². The van der Waals surface area contributed by atoms with Gasteiger partial charge in [-0.3, -0.25) is 19.7 Å². The van der Waals surface area contributed by atoms with Crippen molar-refractivity contribution in [3.05, 3.63) is 45.1 Å². The minimum Gasteiger partial charge on any atom is -0.466 e. The molecule has 1 amide bonds. The minimum absolute atomic E-state index is 0.0185. The molecule has 2 aromatic heterocycles. The fraction of sp³-hybridized carbons (Fsp3) is 0.300. The van der Waals surface area contributed by atoms with Crippen molar-refractivity contribution in [1.29, 1.82) is 0 Å². The van der Waals surface area contributed by atoms with Gasteiger partial charge in [0.25, 0.3) is 5.69 Å². The first kappa shape index (κ1) is 23.5. The number of fused-ring (bicyclic) bond motifs is 1. The van der Waals surface area contributed by atoms with E-state index < -0.39 is 16.1 Å². The van der Waals surface area contributed by atoms with Gasteiger partial charge in [0.1, 0.15) is 16.4 Å². The number of ether oxygens (including phenoxy) is 1. The van der Waals surface area contributed by atoms with Gasteiger partial charge in [0.05, 0.1) is 23.0 Å². The summed E-state index contributed by atoms with van der Waals surface area (Å²) in [5, 5.41) is 27.2. The van der Waals surface area contributed by atoms with Crippen LogP contribution in [-0.4, -0.2) is 54.6 Å². The van der Waals surface area contributed by atoms with E-state index in [1.165, 1.54) is 48.4 Å². The number of carbonyl (C=O) groups is 2. The van der Waals surface area contributed by atoms with Crippen LogP contribution in [0.4, 0.5) is 5.69 Å². The van der Waals surface area contributed by atoms with Gasteiger partial charge in [-0.05, 0) is 18.6 Å². The summed E-state index contributed by atoms with van der Waals surface area (Å²) < 4.78 is 6.55. The standard InChI is InChI=1S/C20H19N7O5S2/c1-3-16-25-26-14(10-21-24-19-23-18(29)15(33-19)8-9-32-11(2)28)17(22-20(26)34-16)12-4-6-13(7-5-12)27(30)31/h4-7,10,15H,3,8-9H2,1-2H3,(H,23,24,29)/b21-10+. The molecule has 0 aliphatic carbocycles. The number of nitro groups is 1. The molecule has 34 heavy (non-hydrogen) atoms. The van der Waals surface area contributed by atoms with Gasteiger partial charge in [-0.1, -0.05) is 30.0 Å². The molecule has 3 heterocycles. The molecule has 1 unspecified atom stereocenters. The highest BCUT2D eigenvalue weighted by molar-refractivity contribution is 8.15. The summed E-state index contributed by atoms with van der Waals surface area (Å²) in [5.41, 5.74) is 1.77. The van der Waals surface area contributed by atoms with E-state index in [1.807, 2.05) is 6.92 Å². The van der Waals surface area contributed by atoms with Crippen LogP contribution in [0.5, 0.6) is 0 Å². The van der Waals surface area contributed by atoms with Crippen LogP contribution in [-0.2, 0) is 20.7 Å². The molecule has 176 valence electrons. The average Bonchev–Trinajstić information content (AvgIpc) is 3.47. The number of rotatable bonds is 8. The average molecular weight is 502 g/mol. The predicted octanol–water partition coefficient (Wildman–Crippen LogP) is 2.80. The summed E-state index contributed by atoms with van der Waals surface area (Å²) in [6.07, 6.45) is 2.60. The summed E-state index contributed by atoms with van der Waals surface area (Å²) in [5.74, 6) is -0.623. The Morgan fingerprint density at radius 2 is 2.15 bits per heavy atom. The highest BCUT2D eigenvalue weighted by Gasteiger charge is 2.30. The minimum atomic E-state index is -0.462. The Bertz CT molecular complexity index is 1310. The van der Waals surface area contributed by atoms with Crippen molar-refractivity contribution in [2.45, 2.75) is 31.9 Å². The van der Waals surface area contributed by atoms with E-state index >= 15 is 0 Å². The van der Waals surface area contributed by atoms with Gasteiger partial charge in [0.2, 0.25) is 10.9 Å². The molecule has 3 aromatic rings. The third-order valence-corrected chi connectivity index (χ3v) is 6.92. The summed E-state index contributed by atoms with van der Waals surface area (Å²) in [7, 11) is 0. The quantitative estimate of drug-likeness (QED) is 0.214. The Kier molecular flexibility index (Phi) is 6.98. The number of amidine groups is 1. The van der Waals surface area contributed by atoms with Crippen molar-refractivity contribution in [1.82, 2.24) is 19.9 Å². The third kappa shape index (κ3) is 5.12. The van der Waals surface area contributed by atoms with Crippen LogP contribution < -0.4 is 5.32 Å². The lowest BCUT2D eigenvalue weighted by atomic mass is 10.1. The van der Waals surface area contributed by atoms with Gasteiger partial charge in [-0.15, -0.1) is 5.10 Å². The van der Waals surface area contributed by atoms with Crippen LogP contribution in [0.3, 0.4) is 0 Å². The van der Waals surface area contributed by atoms with Crippen LogP contribution in [0.1, 0.15) is 31.0 Å². The number of nitro benzene ring substituents is 1. The molecular weight excluding hydrogens is 482 g/mol. The fourth-order valence-corrected chi connectivity index (χ4v) is 4.85. The van der Waals surface area contributed by atoms with Crippen molar-refractivity contribution in [2.75, 3.05) is 6.61 Å². The molecule has 1 N–H and O–H groups in total. The molecule has 1 aliphatic heterocycles. The molecule has 0 bridgehead atoms. The van der Waals surface area contributed by atoms with Gasteiger partial charge < -0.3 is 10.1 Å². The number of thioether (sulfide) groups is 1. The normalized spacial score (nSPS) is 17.1. The van der Waals surface area contributed by atoms with E-state index in [1.54, 1.807) is 16.6 Å². The molecule has 1 aromatic carbocycles. The lowest BCUT2D eigenvalue weighted by Gasteiger charge is -2.04. The predicted molar refractivity (Wildman–Crippen MR) is 128 cm³/mol. The Hall–Kier alpha value is -3.65. The summed E-state index contributed by atoms with van der Waals surface area (Å²) >= 11 is 2.65. The first-order valence-corrected chi connectivity index (χ1v) is 11.9. The molecular formula is C20H19N7O5S2. The number of benzene rings is 1. The molecule has 4 rings (SSSR count). The van der Waals surface area contributed by atoms with Crippen LogP contribution >= 0.6 is 23.1 Å². The van der Waals surface area contributed by atoms with Crippen molar-refractivity contribution < 1.29 is 19.2 Å². The number of aromatic nitrogens is 3. The first-order chi connectivity index (χ1) is 16.4. The third-order valence-electron chi connectivity index (χ3n) is 4.72. The lowest BCUT2D eigenvalue weighted by Crippen LogP contribution is -2.25. The SMILES string of the molecule is CCc1nn2c(/C=N/N=C3/NC(=O)C(CCOC(C)=O)S3)c(-c3ccc([N+](=O)[O-])cc3)nc2s1. The number of hydrogen-bond acceptors (Lipinski definition) is 11. The Balaban J connectivity index is 1.58. The monoisotopic (exact) mass is 501 g/mol. The highest BCUT2D eigenvalue weighted by Crippen LogP contribution is 2.28. The van der Waals surface area contributed by atoms with Gasteiger partial charge in [-0.2, -0.15) is 10.2 Å². The zero-order chi connectivity index (χ0) is 24.2. The number of nitrogens with zero attached hydrogens (tertiary/aromatic N) is 6. The number of nitrogens with one attached hydrogen (secondary N) is 1. The molecule has 0 spiro atoms. The van der Waals surface area contributed by atoms with Crippen LogP contribution in [0, 0.1) is 10.1 Å². The number of imidazole rings is 1. The number of non-ortho nitro benzene ring substituents is 1. The second kappa shape index (κ2) is 10.1. The summed E-state index contributed by atoms with van der Waals surface area (Å²) in [4.78, 5) is 38.8. The number of carbonyl (C=O) groups excluding carboxylic acids is 2. The smallest absolute Gasteiger partial charge is 0.302 e. The molecule has 14 heteroatoms. The molecule has 0 saturated carbocycles. The van der Waals surface area contributed by atoms with Crippen LogP contribution in [0.2, 0.25) is 0 Å². The maximum Gasteiger partial charge on any atom is 0.302 e. The largest absolute Gasteiger partial charge is 0.466 e. The lowest BCUT2D eigenvalue weighted by molar-refractivity contribution is -0.384. The molecule has 1 fully saturated rings. The number of amides is 1. The van der Waals surface area contributed by atoms with Gasteiger partial charge >= 0.3 is 5.97 Å². The molecule has 1 saturated heterocycles. The second-order valence-electron chi connectivity index (χ2n) is 7.07. The zero-order valence-corrected chi connectivity index (χ0v) is 19.8. The Labute approximate surface area is 201 Å². The van der Waals surface area contributed by atoms with Crippen LogP contribution in [0.15, 0.2) is 34.5 Å². The number of hydrogen-bond donors (Lipinski definition) is 1. The maximum atomic E-state index is 12.1. The number of esters is 1. The Morgan fingerprint density at radius 3 is 2.82 bits per heavy atom. The summed E-state index contributed by atoms with van der Waals surface area (Å²) in [6.45, 7) is 3.45. The van der Waals surface area contributed by atoms with E-state index in [4.69, 9.17) is 4.74 Å². The molecule has 0 radical (unpaired) electrons. The topological polar surface area (TPSA) is 153 Å². The van der Waals surface area contributed by atoms with E-state index in [-0.39, 0.29) is 18.2 Å². The maximum absolute atomic E-state index is 12.1. The molecule has 12 nitrogen and oxygen atoms in total. The Morgan fingerprint density at radius 1 is 1.38 bits per heavy atom. The van der Waals surface area contributed by atoms with Gasteiger partial charge in [0, 0.05) is 31.0 Å². The first-order valence-electron chi connectivity index (χ1n) is 10.2. The van der Waals surface area contributed by atoms with Crippen molar-refractivity contribution >= 4 is 57.0 Å². The zero-order valence-electron chi connectivity index (χ0n) is 18.1. The van der Waals surface area contributed by atoms with Gasteiger partial charge in [-0.25, -0.2) is 9.50 Å². The van der Waals surface area contributed by atoms with E-state index in [9.17, 15) is 19.7 Å². The van der Waals surface area contributed by atoms with Crippen molar-refractivity contribution in [2.24, 2.45) is 10.2 Å². The van der Waals surface area contributed by atoms with Crippen molar-refractivity contribution in [3.8, 4) is 11.3 Å². The summed E-state index contributed by atoms with van der Waals surface area (Å²) in [6, 6.07) is 6.07. The van der Waals surface area contributed by atoms with Gasteiger partial charge in [0.15, 0.2) is 5.17 Å². The highest BCUT2D eigenvalue weighted by atomic mass is 32.2. The molecule has 1 atom stereocenters. The fourth-order valence-electron chi connectivity index (χ4n) is 3.10. The second-order valence-corrected chi connectivity index (χ2v) is 9.30. The van der Waals surface area contributed by atoms with Crippen molar-refractivity contribution in [3.63, 3.8) is 0 Å². The van der Waals surface area contributed by atoms with E-state index in [0.717, 1.165) is 11.4 Å². The van der Waals surface area contributed by atoms with E-state index in [2.05, 4.69) is 25.6 Å². The van der Waals surface area contributed by atoms with Crippen LogP contribution in [0.25, 0.3) is 16.2 Å². The number of aryl methyl sites for hydroxylation is 1. The molecule has 1 aliphatic rings.